The highest BCUT2D eigenvalue weighted by molar-refractivity contribution is 6.30. The first-order valence-electron chi connectivity index (χ1n) is 6.88. The summed E-state index contributed by atoms with van der Waals surface area (Å²) in [5.41, 5.74) is 0.509. The van der Waals surface area contributed by atoms with Gasteiger partial charge in [0.1, 0.15) is 0 Å². The largest absolute Gasteiger partial charge is 0.390 e. The molecule has 0 radical (unpaired) electrons. The van der Waals surface area contributed by atoms with Crippen molar-refractivity contribution in [3.05, 3.63) is 34.9 Å². The Morgan fingerprint density at radius 3 is 2.63 bits per heavy atom. The van der Waals surface area contributed by atoms with Gasteiger partial charge in [0, 0.05) is 37.2 Å². The van der Waals surface area contributed by atoms with Crippen molar-refractivity contribution in [1.29, 1.82) is 0 Å². The summed E-state index contributed by atoms with van der Waals surface area (Å²) in [7, 11) is 0. The van der Waals surface area contributed by atoms with Crippen molar-refractivity contribution in [1.82, 2.24) is 10.2 Å². The molecule has 0 amide bonds. The molecule has 0 spiro atoms. The van der Waals surface area contributed by atoms with Gasteiger partial charge in [-0.25, -0.2) is 0 Å². The van der Waals surface area contributed by atoms with Crippen LogP contribution in [0.25, 0.3) is 0 Å². The average molecular weight is 283 g/mol. The summed E-state index contributed by atoms with van der Waals surface area (Å²) in [4.78, 5) is 2.43. The second-order valence-electron chi connectivity index (χ2n) is 5.87. The SMILES string of the molecule is CC(C)(O)CC(c1cccc(Cl)c1)N1CCNCC1. The number of nitrogens with one attached hydrogen (secondary N) is 1. The summed E-state index contributed by atoms with van der Waals surface area (Å²) < 4.78 is 0. The van der Waals surface area contributed by atoms with Gasteiger partial charge in [-0.2, -0.15) is 0 Å². The maximum absolute atomic E-state index is 10.2. The van der Waals surface area contributed by atoms with E-state index in [1.807, 2.05) is 32.0 Å². The molecule has 1 aromatic carbocycles. The molecule has 106 valence electrons. The Kier molecular flexibility index (Phi) is 4.85. The maximum atomic E-state index is 10.2. The Balaban J connectivity index is 2.22. The molecule has 0 saturated carbocycles. The molecule has 0 bridgehead atoms. The second kappa shape index (κ2) is 6.23. The third-order valence-corrected chi connectivity index (χ3v) is 3.75. The number of hydrogen-bond acceptors (Lipinski definition) is 3. The van der Waals surface area contributed by atoms with E-state index in [1.165, 1.54) is 5.56 Å². The predicted octanol–water partition coefficient (Wildman–Crippen LogP) is 2.45. The first-order valence-corrected chi connectivity index (χ1v) is 7.26. The lowest BCUT2D eigenvalue weighted by Gasteiger charge is -2.38. The van der Waals surface area contributed by atoms with Crippen LogP contribution in [-0.4, -0.2) is 41.8 Å². The third-order valence-electron chi connectivity index (χ3n) is 3.52. The van der Waals surface area contributed by atoms with Gasteiger partial charge < -0.3 is 10.4 Å². The fourth-order valence-electron chi connectivity index (χ4n) is 2.64. The Labute approximate surface area is 120 Å². The first-order chi connectivity index (χ1) is 8.96. The van der Waals surface area contributed by atoms with Gasteiger partial charge in [0.05, 0.1) is 5.60 Å². The van der Waals surface area contributed by atoms with E-state index in [1.54, 1.807) is 0 Å². The molecule has 0 aliphatic carbocycles. The van der Waals surface area contributed by atoms with Crippen LogP contribution >= 0.6 is 11.6 Å². The number of halogens is 1. The van der Waals surface area contributed by atoms with E-state index in [2.05, 4.69) is 16.3 Å². The van der Waals surface area contributed by atoms with E-state index in [-0.39, 0.29) is 6.04 Å². The zero-order valence-corrected chi connectivity index (χ0v) is 12.5. The Hall–Kier alpha value is -0.610. The van der Waals surface area contributed by atoms with Crippen LogP contribution in [0.4, 0.5) is 0 Å². The van der Waals surface area contributed by atoms with Gasteiger partial charge >= 0.3 is 0 Å². The van der Waals surface area contributed by atoms with Crippen molar-refractivity contribution in [2.24, 2.45) is 0 Å². The molecule has 19 heavy (non-hydrogen) atoms. The van der Waals surface area contributed by atoms with Gasteiger partial charge in [-0.05, 0) is 38.0 Å². The molecule has 1 heterocycles. The number of benzene rings is 1. The molecule has 2 rings (SSSR count). The molecule has 1 atom stereocenters. The van der Waals surface area contributed by atoms with Crippen molar-refractivity contribution in [3.63, 3.8) is 0 Å². The zero-order valence-electron chi connectivity index (χ0n) is 11.7. The normalized spacial score (nSPS) is 19.4. The number of aliphatic hydroxyl groups is 1. The second-order valence-corrected chi connectivity index (χ2v) is 6.31. The molecular weight excluding hydrogens is 260 g/mol. The van der Waals surface area contributed by atoms with Gasteiger partial charge in [-0.3, -0.25) is 4.90 Å². The van der Waals surface area contributed by atoms with Crippen molar-refractivity contribution in [3.8, 4) is 0 Å². The van der Waals surface area contributed by atoms with Crippen molar-refractivity contribution in [2.45, 2.75) is 31.9 Å². The lowest BCUT2D eigenvalue weighted by molar-refractivity contribution is 0.0293. The first kappa shape index (κ1) is 14.8. The lowest BCUT2D eigenvalue weighted by Crippen LogP contribution is -2.46. The van der Waals surface area contributed by atoms with Crippen LogP contribution in [0.5, 0.6) is 0 Å². The van der Waals surface area contributed by atoms with E-state index < -0.39 is 5.60 Å². The molecule has 1 aliphatic heterocycles. The highest BCUT2D eigenvalue weighted by atomic mass is 35.5. The van der Waals surface area contributed by atoms with Crippen molar-refractivity contribution >= 4 is 11.6 Å². The highest BCUT2D eigenvalue weighted by Gasteiger charge is 2.28. The highest BCUT2D eigenvalue weighted by Crippen LogP contribution is 2.31. The number of hydrogen-bond donors (Lipinski definition) is 2. The van der Waals surface area contributed by atoms with Crippen LogP contribution in [-0.2, 0) is 0 Å². The topological polar surface area (TPSA) is 35.5 Å². The van der Waals surface area contributed by atoms with Crippen LogP contribution < -0.4 is 5.32 Å². The molecule has 1 fully saturated rings. The quantitative estimate of drug-likeness (QED) is 0.890. The minimum atomic E-state index is -0.683. The van der Waals surface area contributed by atoms with E-state index in [9.17, 15) is 5.11 Å². The van der Waals surface area contributed by atoms with Crippen LogP contribution in [0.2, 0.25) is 5.02 Å². The zero-order chi connectivity index (χ0) is 13.9. The Bertz CT molecular complexity index is 411. The monoisotopic (exact) mass is 282 g/mol. The molecule has 1 unspecified atom stereocenters. The van der Waals surface area contributed by atoms with Crippen LogP contribution in [0, 0.1) is 0 Å². The van der Waals surface area contributed by atoms with E-state index in [0.717, 1.165) is 31.2 Å². The summed E-state index contributed by atoms with van der Waals surface area (Å²) in [6.07, 6.45) is 0.716. The summed E-state index contributed by atoms with van der Waals surface area (Å²) in [5.74, 6) is 0. The fourth-order valence-corrected chi connectivity index (χ4v) is 2.84. The van der Waals surface area contributed by atoms with Gasteiger partial charge in [0.15, 0.2) is 0 Å². The minimum Gasteiger partial charge on any atom is -0.390 e. The molecule has 0 aromatic heterocycles. The van der Waals surface area contributed by atoms with Crippen molar-refractivity contribution in [2.75, 3.05) is 26.2 Å². The van der Waals surface area contributed by atoms with Crippen molar-refractivity contribution < 1.29 is 5.11 Å². The number of rotatable bonds is 4. The van der Waals surface area contributed by atoms with Gasteiger partial charge in [-0.15, -0.1) is 0 Å². The summed E-state index contributed by atoms with van der Waals surface area (Å²) >= 11 is 6.11. The van der Waals surface area contributed by atoms with Gasteiger partial charge in [-0.1, -0.05) is 23.7 Å². The molecule has 1 aromatic rings. The molecule has 1 aliphatic rings. The number of nitrogens with zero attached hydrogens (tertiary/aromatic N) is 1. The van der Waals surface area contributed by atoms with Crippen LogP contribution in [0.15, 0.2) is 24.3 Å². The molecule has 2 N–H and O–H groups in total. The minimum absolute atomic E-state index is 0.223. The molecule has 3 nitrogen and oxygen atoms in total. The maximum Gasteiger partial charge on any atom is 0.0610 e. The van der Waals surface area contributed by atoms with Gasteiger partial charge in [0.25, 0.3) is 0 Å². The van der Waals surface area contributed by atoms with E-state index in [4.69, 9.17) is 11.6 Å². The predicted molar refractivity (Wildman–Crippen MR) is 79.6 cm³/mol. The van der Waals surface area contributed by atoms with Gasteiger partial charge in [0.2, 0.25) is 0 Å². The molecule has 4 heteroatoms. The van der Waals surface area contributed by atoms with E-state index in [0.29, 0.717) is 6.42 Å². The molecule has 1 saturated heterocycles. The standard InChI is InChI=1S/C15H23ClN2O/c1-15(2,19)11-14(18-8-6-17-7-9-18)12-4-3-5-13(16)10-12/h3-5,10,14,17,19H,6-9,11H2,1-2H3. The summed E-state index contributed by atoms with van der Waals surface area (Å²) in [6, 6.07) is 8.21. The lowest BCUT2D eigenvalue weighted by atomic mass is 9.92. The van der Waals surface area contributed by atoms with E-state index >= 15 is 0 Å². The Morgan fingerprint density at radius 1 is 1.37 bits per heavy atom. The smallest absolute Gasteiger partial charge is 0.0610 e. The third kappa shape index (κ3) is 4.46. The Morgan fingerprint density at radius 2 is 2.05 bits per heavy atom. The van der Waals surface area contributed by atoms with Crippen LogP contribution in [0.3, 0.4) is 0 Å². The summed E-state index contributed by atoms with van der Waals surface area (Å²) in [6.45, 7) is 7.76. The van der Waals surface area contributed by atoms with Crippen LogP contribution in [0.1, 0.15) is 31.9 Å². The average Bonchev–Trinajstić information content (AvgIpc) is 2.36. The molecular formula is C15H23ClN2O. The number of piperazine rings is 1. The fraction of sp³-hybridized carbons (Fsp3) is 0.600. The summed E-state index contributed by atoms with van der Waals surface area (Å²) in [5, 5.41) is 14.3.